The molecule has 2 aromatic carbocycles. The van der Waals surface area contributed by atoms with Crippen molar-refractivity contribution in [2.45, 2.75) is 6.42 Å². The second-order valence-electron chi connectivity index (χ2n) is 3.97. The summed E-state index contributed by atoms with van der Waals surface area (Å²) in [6.07, 6.45) is -0.0272. The molecule has 0 atom stereocenters. The van der Waals surface area contributed by atoms with Crippen LogP contribution in [0, 0.1) is 0 Å². The van der Waals surface area contributed by atoms with Crippen LogP contribution in [0.25, 0.3) is 11.1 Å². The number of carbonyl (C=O) groups excluding carboxylic acids is 1. The van der Waals surface area contributed by atoms with Gasteiger partial charge in [-0.15, -0.1) is 0 Å². The molecule has 3 N–H and O–H groups in total. The molecule has 0 heterocycles. The van der Waals surface area contributed by atoms with E-state index >= 15 is 0 Å². The summed E-state index contributed by atoms with van der Waals surface area (Å²) >= 11 is 6.16. The lowest BCUT2D eigenvalue weighted by Crippen LogP contribution is -2.13. The molecule has 92 valence electrons. The van der Waals surface area contributed by atoms with E-state index in [2.05, 4.69) is 0 Å². The summed E-state index contributed by atoms with van der Waals surface area (Å²) in [5, 5.41) is 10.3. The summed E-state index contributed by atoms with van der Waals surface area (Å²) in [4.78, 5) is 10.9. The van der Waals surface area contributed by atoms with Crippen LogP contribution in [0.1, 0.15) is 5.56 Å². The number of aromatic hydroxyl groups is 1. The van der Waals surface area contributed by atoms with E-state index in [0.717, 1.165) is 11.1 Å². The highest BCUT2D eigenvalue weighted by molar-refractivity contribution is 6.33. The van der Waals surface area contributed by atoms with Crippen molar-refractivity contribution in [1.29, 1.82) is 0 Å². The van der Waals surface area contributed by atoms with Crippen LogP contribution in [0.3, 0.4) is 0 Å². The number of amides is 1. The van der Waals surface area contributed by atoms with Crippen LogP contribution in [-0.4, -0.2) is 11.0 Å². The topological polar surface area (TPSA) is 63.3 Å². The predicted molar refractivity (Wildman–Crippen MR) is 71.5 cm³/mol. The van der Waals surface area contributed by atoms with Gasteiger partial charge in [0.2, 0.25) is 5.91 Å². The zero-order chi connectivity index (χ0) is 13.1. The largest absolute Gasteiger partial charge is 0.508 e. The molecule has 0 fully saturated rings. The van der Waals surface area contributed by atoms with E-state index in [9.17, 15) is 9.90 Å². The molecule has 4 heteroatoms. The third-order valence-corrected chi connectivity index (χ3v) is 2.93. The van der Waals surface area contributed by atoms with E-state index in [4.69, 9.17) is 17.3 Å². The number of hydrogen-bond donors (Lipinski definition) is 2. The number of primary amides is 1. The van der Waals surface area contributed by atoms with E-state index < -0.39 is 5.91 Å². The van der Waals surface area contributed by atoms with Gasteiger partial charge in [-0.2, -0.15) is 0 Å². The molecule has 0 aromatic heterocycles. The molecule has 1 amide bonds. The highest BCUT2D eigenvalue weighted by atomic mass is 35.5. The van der Waals surface area contributed by atoms with Crippen molar-refractivity contribution in [3.63, 3.8) is 0 Å². The van der Waals surface area contributed by atoms with Gasteiger partial charge in [0.05, 0.1) is 6.42 Å². The SMILES string of the molecule is NC(=O)Cc1cc(Cl)c(-c2ccccc2)cc1O. The maximum absolute atomic E-state index is 10.9. The monoisotopic (exact) mass is 261 g/mol. The summed E-state index contributed by atoms with van der Waals surface area (Å²) in [6, 6.07) is 12.6. The number of hydrogen-bond acceptors (Lipinski definition) is 2. The van der Waals surface area contributed by atoms with Gasteiger partial charge in [0.25, 0.3) is 0 Å². The average Bonchev–Trinajstić information content (AvgIpc) is 2.34. The highest BCUT2D eigenvalue weighted by Gasteiger charge is 2.11. The summed E-state index contributed by atoms with van der Waals surface area (Å²) in [6.45, 7) is 0. The van der Waals surface area contributed by atoms with Crippen LogP contribution in [0.15, 0.2) is 42.5 Å². The van der Waals surface area contributed by atoms with E-state index in [1.54, 1.807) is 12.1 Å². The van der Waals surface area contributed by atoms with Gasteiger partial charge in [-0.05, 0) is 17.7 Å². The quantitative estimate of drug-likeness (QED) is 0.892. The van der Waals surface area contributed by atoms with Gasteiger partial charge < -0.3 is 10.8 Å². The Morgan fingerprint density at radius 3 is 2.50 bits per heavy atom. The van der Waals surface area contributed by atoms with Crippen LogP contribution >= 0.6 is 11.6 Å². The molecular weight excluding hydrogens is 250 g/mol. The summed E-state index contributed by atoms with van der Waals surface area (Å²) in [5.41, 5.74) is 7.17. The second-order valence-corrected chi connectivity index (χ2v) is 4.38. The first-order valence-corrected chi connectivity index (χ1v) is 5.81. The first-order valence-electron chi connectivity index (χ1n) is 5.43. The third kappa shape index (κ3) is 2.63. The molecule has 2 rings (SSSR count). The Morgan fingerprint density at radius 2 is 1.89 bits per heavy atom. The Balaban J connectivity index is 2.46. The van der Waals surface area contributed by atoms with E-state index in [0.29, 0.717) is 10.6 Å². The zero-order valence-corrected chi connectivity index (χ0v) is 10.3. The molecular formula is C14H12ClNO2. The number of carbonyl (C=O) groups is 1. The van der Waals surface area contributed by atoms with Crippen LogP contribution in [0.5, 0.6) is 5.75 Å². The third-order valence-electron chi connectivity index (χ3n) is 2.62. The first kappa shape index (κ1) is 12.5. The number of halogens is 1. The number of phenols is 1. The molecule has 18 heavy (non-hydrogen) atoms. The van der Waals surface area contributed by atoms with Gasteiger partial charge in [0.1, 0.15) is 5.75 Å². The van der Waals surface area contributed by atoms with Gasteiger partial charge in [0.15, 0.2) is 0 Å². The summed E-state index contributed by atoms with van der Waals surface area (Å²) in [5.74, 6) is -0.481. The highest BCUT2D eigenvalue weighted by Crippen LogP contribution is 2.33. The maximum Gasteiger partial charge on any atom is 0.221 e. The number of rotatable bonds is 3. The zero-order valence-electron chi connectivity index (χ0n) is 9.56. The van der Waals surface area contributed by atoms with Crippen LogP contribution in [-0.2, 0) is 11.2 Å². The molecule has 0 saturated heterocycles. The number of phenolic OH excluding ortho intramolecular Hbond substituents is 1. The fourth-order valence-electron chi connectivity index (χ4n) is 1.77. The first-order chi connectivity index (χ1) is 8.58. The van der Waals surface area contributed by atoms with Crippen molar-refractivity contribution in [3.05, 3.63) is 53.1 Å². The van der Waals surface area contributed by atoms with Gasteiger partial charge in [-0.1, -0.05) is 41.9 Å². The van der Waals surface area contributed by atoms with Gasteiger partial charge >= 0.3 is 0 Å². The Bertz CT molecular complexity index is 582. The Morgan fingerprint density at radius 1 is 1.22 bits per heavy atom. The normalized spacial score (nSPS) is 10.3. The Labute approximate surface area is 110 Å². The predicted octanol–water partition coefficient (Wildman–Crippen LogP) is 2.74. The maximum atomic E-state index is 10.9. The summed E-state index contributed by atoms with van der Waals surface area (Å²) < 4.78 is 0. The minimum Gasteiger partial charge on any atom is -0.508 e. The molecule has 0 saturated carbocycles. The Hall–Kier alpha value is -2.00. The lowest BCUT2D eigenvalue weighted by atomic mass is 10.0. The van der Waals surface area contributed by atoms with Crippen LogP contribution < -0.4 is 5.73 Å². The van der Waals surface area contributed by atoms with Crippen molar-refractivity contribution >= 4 is 17.5 Å². The van der Waals surface area contributed by atoms with Gasteiger partial charge in [-0.25, -0.2) is 0 Å². The fourth-order valence-corrected chi connectivity index (χ4v) is 2.07. The second kappa shape index (κ2) is 5.10. The van der Waals surface area contributed by atoms with Crippen molar-refractivity contribution < 1.29 is 9.90 Å². The molecule has 0 aliphatic carbocycles. The lowest BCUT2D eigenvalue weighted by Gasteiger charge is -2.09. The number of nitrogens with two attached hydrogens (primary N) is 1. The molecule has 0 aliphatic heterocycles. The molecule has 0 spiro atoms. The van der Waals surface area contributed by atoms with E-state index in [1.807, 2.05) is 30.3 Å². The molecule has 0 radical (unpaired) electrons. The minimum atomic E-state index is -0.506. The van der Waals surface area contributed by atoms with Gasteiger partial charge in [-0.3, -0.25) is 4.79 Å². The van der Waals surface area contributed by atoms with Crippen molar-refractivity contribution in [2.75, 3.05) is 0 Å². The molecule has 0 unspecified atom stereocenters. The molecule has 0 aliphatic rings. The summed E-state index contributed by atoms with van der Waals surface area (Å²) in [7, 11) is 0. The van der Waals surface area contributed by atoms with E-state index in [-0.39, 0.29) is 12.2 Å². The minimum absolute atomic E-state index is 0.0250. The van der Waals surface area contributed by atoms with Crippen LogP contribution in [0.4, 0.5) is 0 Å². The standard InChI is InChI=1S/C14H12ClNO2/c15-12-6-10(7-14(16)18)13(17)8-11(12)9-4-2-1-3-5-9/h1-6,8,17H,7H2,(H2,16,18). The molecule has 0 bridgehead atoms. The van der Waals surface area contributed by atoms with Crippen molar-refractivity contribution in [3.8, 4) is 16.9 Å². The van der Waals surface area contributed by atoms with Gasteiger partial charge in [0, 0.05) is 16.1 Å². The Kier molecular flexibility index (Phi) is 3.53. The fraction of sp³-hybridized carbons (Fsp3) is 0.0714. The number of benzene rings is 2. The smallest absolute Gasteiger partial charge is 0.221 e. The molecule has 3 nitrogen and oxygen atoms in total. The van der Waals surface area contributed by atoms with E-state index in [1.165, 1.54) is 0 Å². The van der Waals surface area contributed by atoms with Crippen LogP contribution in [0.2, 0.25) is 5.02 Å². The molecule has 2 aromatic rings. The van der Waals surface area contributed by atoms with Crippen molar-refractivity contribution in [1.82, 2.24) is 0 Å². The lowest BCUT2D eigenvalue weighted by molar-refractivity contribution is -0.117. The van der Waals surface area contributed by atoms with Crippen molar-refractivity contribution in [2.24, 2.45) is 5.73 Å². The average molecular weight is 262 g/mol.